The molecule has 0 aromatic heterocycles. The summed E-state index contributed by atoms with van der Waals surface area (Å²) >= 11 is 0. The van der Waals surface area contributed by atoms with Gasteiger partial charge in [0.1, 0.15) is 5.54 Å². The summed E-state index contributed by atoms with van der Waals surface area (Å²) in [5, 5.41) is 14.3. The quantitative estimate of drug-likeness (QED) is 0.584. The van der Waals surface area contributed by atoms with Crippen LogP contribution in [-0.2, 0) is 9.53 Å². The number of hydrogen-bond donors (Lipinski definition) is 3. The minimum Gasteiger partial charge on any atom is -0.480 e. The standard InChI is InChI=1S/C13H24N2O4/c1-10(2)19-9-4-3-8-14-12(18)15-13(11(16)17)6-5-7-13/h10H,3-9H2,1-2H3,(H,16,17)(H2,14,15,18). The monoisotopic (exact) mass is 272 g/mol. The summed E-state index contributed by atoms with van der Waals surface area (Å²) in [5.41, 5.74) is -1.04. The summed E-state index contributed by atoms with van der Waals surface area (Å²) in [6.07, 6.45) is 3.79. The Morgan fingerprint density at radius 3 is 2.47 bits per heavy atom. The third-order valence-electron chi connectivity index (χ3n) is 3.28. The number of rotatable bonds is 8. The molecule has 2 amide bonds. The molecule has 0 saturated heterocycles. The van der Waals surface area contributed by atoms with Gasteiger partial charge in [0, 0.05) is 13.2 Å². The number of carboxylic acid groups (broad SMARTS) is 1. The van der Waals surface area contributed by atoms with Crippen molar-refractivity contribution in [3.05, 3.63) is 0 Å². The van der Waals surface area contributed by atoms with Crippen molar-refractivity contribution in [2.75, 3.05) is 13.2 Å². The summed E-state index contributed by atoms with van der Waals surface area (Å²) in [6.45, 7) is 5.17. The van der Waals surface area contributed by atoms with Gasteiger partial charge in [-0.25, -0.2) is 9.59 Å². The first-order chi connectivity index (χ1) is 8.96. The molecule has 6 nitrogen and oxygen atoms in total. The van der Waals surface area contributed by atoms with Crippen molar-refractivity contribution in [1.82, 2.24) is 10.6 Å². The summed E-state index contributed by atoms with van der Waals surface area (Å²) < 4.78 is 5.38. The first-order valence-electron chi connectivity index (χ1n) is 6.87. The predicted octanol–water partition coefficient (Wildman–Crippen LogP) is 1.50. The van der Waals surface area contributed by atoms with Gasteiger partial charge in [-0.15, -0.1) is 0 Å². The Bertz CT molecular complexity index is 314. The molecule has 110 valence electrons. The second-order valence-corrected chi connectivity index (χ2v) is 5.25. The van der Waals surface area contributed by atoms with E-state index >= 15 is 0 Å². The molecule has 1 aliphatic rings. The third kappa shape index (κ3) is 5.06. The second-order valence-electron chi connectivity index (χ2n) is 5.25. The Morgan fingerprint density at radius 1 is 1.32 bits per heavy atom. The van der Waals surface area contributed by atoms with Crippen LogP contribution in [0, 0.1) is 0 Å². The van der Waals surface area contributed by atoms with Crippen molar-refractivity contribution in [3.63, 3.8) is 0 Å². The Balaban J connectivity index is 2.10. The van der Waals surface area contributed by atoms with Gasteiger partial charge in [-0.05, 0) is 46.0 Å². The van der Waals surface area contributed by atoms with Crippen LogP contribution in [0.1, 0.15) is 46.0 Å². The fraction of sp³-hybridized carbons (Fsp3) is 0.846. The zero-order valence-electron chi connectivity index (χ0n) is 11.7. The number of hydrogen-bond acceptors (Lipinski definition) is 3. The van der Waals surface area contributed by atoms with Gasteiger partial charge < -0.3 is 20.5 Å². The van der Waals surface area contributed by atoms with Crippen molar-refractivity contribution in [3.8, 4) is 0 Å². The van der Waals surface area contributed by atoms with Crippen molar-refractivity contribution in [1.29, 1.82) is 0 Å². The van der Waals surface area contributed by atoms with E-state index in [-0.39, 0.29) is 6.10 Å². The number of ether oxygens (including phenoxy) is 1. The van der Waals surface area contributed by atoms with Gasteiger partial charge in [0.05, 0.1) is 6.10 Å². The molecule has 6 heteroatoms. The van der Waals surface area contributed by atoms with Gasteiger partial charge in [0.2, 0.25) is 0 Å². The lowest BCUT2D eigenvalue weighted by Crippen LogP contribution is -2.61. The van der Waals surface area contributed by atoms with Crippen LogP contribution < -0.4 is 10.6 Å². The molecule has 1 aliphatic carbocycles. The molecule has 0 spiro atoms. The minimum atomic E-state index is -1.04. The van der Waals surface area contributed by atoms with Crippen molar-refractivity contribution in [2.45, 2.75) is 57.6 Å². The van der Waals surface area contributed by atoms with E-state index in [2.05, 4.69) is 10.6 Å². The van der Waals surface area contributed by atoms with Gasteiger partial charge >= 0.3 is 12.0 Å². The number of carboxylic acids is 1. The van der Waals surface area contributed by atoms with E-state index < -0.39 is 17.5 Å². The van der Waals surface area contributed by atoms with Crippen LogP contribution in [0.2, 0.25) is 0 Å². The Morgan fingerprint density at radius 2 is 2.00 bits per heavy atom. The van der Waals surface area contributed by atoms with E-state index in [9.17, 15) is 9.59 Å². The molecule has 0 aromatic carbocycles. The summed E-state index contributed by atoms with van der Waals surface area (Å²) in [7, 11) is 0. The molecular formula is C13H24N2O4. The zero-order valence-corrected chi connectivity index (χ0v) is 11.7. The average molecular weight is 272 g/mol. The minimum absolute atomic E-state index is 0.227. The number of carbonyl (C=O) groups is 2. The molecule has 0 bridgehead atoms. The molecule has 0 unspecified atom stereocenters. The number of aliphatic carboxylic acids is 1. The van der Waals surface area contributed by atoms with Gasteiger partial charge in [0.15, 0.2) is 0 Å². The molecule has 0 heterocycles. The molecule has 0 aliphatic heterocycles. The van der Waals surface area contributed by atoms with E-state index in [1.54, 1.807) is 0 Å². The Labute approximate surface area is 113 Å². The maximum atomic E-state index is 11.6. The lowest BCUT2D eigenvalue weighted by molar-refractivity contribution is -0.148. The molecule has 1 saturated carbocycles. The number of urea groups is 1. The van der Waals surface area contributed by atoms with Crippen LogP contribution in [0.5, 0.6) is 0 Å². The largest absolute Gasteiger partial charge is 0.480 e. The third-order valence-corrected chi connectivity index (χ3v) is 3.28. The predicted molar refractivity (Wildman–Crippen MR) is 71.1 cm³/mol. The van der Waals surface area contributed by atoms with E-state index in [1.807, 2.05) is 13.8 Å². The lowest BCUT2D eigenvalue weighted by atomic mass is 9.77. The fourth-order valence-electron chi connectivity index (χ4n) is 1.93. The highest BCUT2D eigenvalue weighted by atomic mass is 16.5. The van der Waals surface area contributed by atoms with Crippen LogP contribution in [0.25, 0.3) is 0 Å². The van der Waals surface area contributed by atoms with E-state index in [0.29, 0.717) is 26.0 Å². The lowest BCUT2D eigenvalue weighted by Gasteiger charge is -2.38. The Kier molecular flexibility index (Phi) is 6.08. The molecule has 0 radical (unpaired) electrons. The summed E-state index contributed by atoms with van der Waals surface area (Å²) in [6, 6.07) is -0.396. The smallest absolute Gasteiger partial charge is 0.329 e. The fourth-order valence-corrected chi connectivity index (χ4v) is 1.93. The van der Waals surface area contributed by atoms with Crippen LogP contribution >= 0.6 is 0 Å². The SMILES string of the molecule is CC(C)OCCCCNC(=O)NC1(C(=O)O)CCC1. The molecule has 19 heavy (non-hydrogen) atoms. The normalized spacial score (nSPS) is 16.8. The highest BCUT2D eigenvalue weighted by Gasteiger charge is 2.45. The van der Waals surface area contributed by atoms with Crippen LogP contribution in [0.3, 0.4) is 0 Å². The van der Waals surface area contributed by atoms with Gasteiger partial charge in [0.25, 0.3) is 0 Å². The summed E-state index contributed by atoms with van der Waals surface area (Å²) in [4.78, 5) is 22.6. The molecule has 1 fully saturated rings. The number of carbonyl (C=O) groups excluding carboxylic acids is 1. The highest BCUT2D eigenvalue weighted by Crippen LogP contribution is 2.31. The Hall–Kier alpha value is -1.30. The highest BCUT2D eigenvalue weighted by molar-refractivity contribution is 5.87. The number of unbranched alkanes of at least 4 members (excludes halogenated alkanes) is 1. The molecular weight excluding hydrogens is 248 g/mol. The molecule has 0 atom stereocenters. The van der Waals surface area contributed by atoms with Crippen molar-refractivity contribution < 1.29 is 19.4 Å². The van der Waals surface area contributed by atoms with Crippen LogP contribution in [0.4, 0.5) is 4.79 Å². The topological polar surface area (TPSA) is 87.7 Å². The zero-order chi connectivity index (χ0) is 14.3. The second kappa shape index (κ2) is 7.33. The molecule has 3 N–H and O–H groups in total. The summed E-state index contributed by atoms with van der Waals surface area (Å²) in [5.74, 6) is -0.945. The first-order valence-corrected chi connectivity index (χ1v) is 6.87. The van der Waals surface area contributed by atoms with Gasteiger partial charge in [-0.3, -0.25) is 0 Å². The van der Waals surface area contributed by atoms with Crippen molar-refractivity contribution in [2.24, 2.45) is 0 Å². The molecule has 0 aromatic rings. The number of amides is 2. The van der Waals surface area contributed by atoms with Crippen LogP contribution in [0.15, 0.2) is 0 Å². The molecule has 1 rings (SSSR count). The van der Waals surface area contributed by atoms with E-state index in [1.165, 1.54) is 0 Å². The van der Waals surface area contributed by atoms with Crippen molar-refractivity contribution >= 4 is 12.0 Å². The average Bonchev–Trinajstić information content (AvgIpc) is 2.27. The number of nitrogens with one attached hydrogen (secondary N) is 2. The van der Waals surface area contributed by atoms with Crippen LogP contribution in [-0.4, -0.2) is 41.9 Å². The van der Waals surface area contributed by atoms with Gasteiger partial charge in [-0.1, -0.05) is 0 Å². The van der Waals surface area contributed by atoms with Gasteiger partial charge in [-0.2, -0.15) is 0 Å². The maximum absolute atomic E-state index is 11.6. The van der Waals surface area contributed by atoms with E-state index in [0.717, 1.165) is 19.3 Å². The maximum Gasteiger partial charge on any atom is 0.329 e. The van der Waals surface area contributed by atoms with E-state index in [4.69, 9.17) is 9.84 Å². The first kappa shape index (κ1) is 15.8.